The molecule has 0 aromatic carbocycles. The lowest BCUT2D eigenvalue weighted by Gasteiger charge is -2.48. The summed E-state index contributed by atoms with van der Waals surface area (Å²) >= 11 is 0. The molecule has 1 aliphatic heterocycles. The topological polar surface area (TPSA) is 136 Å². The van der Waals surface area contributed by atoms with Crippen LogP contribution in [0.5, 0.6) is 0 Å². The predicted octanol–water partition coefficient (Wildman–Crippen LogP) is 12.3. The van der Waals surface area contributed by atoms with E-state index in [0.717, 1.165) is 32.1 Å². The number of amides is 1. The molecule has 0 aromatic rings. The van der Waals surface area contributed by atoms with E-state index in [9.17, 15) is 14.7 Å². The van der Waals surface area contributed by atoms with E-state index in [-0.39, 0.29) is 76.0 Å². The molecule has 2 rings (SSSR count). The Labute approximate surface area is 386 Å². The van der Waals surface area contributed by atoms with Crippen molar-refractivity contribution >= 4 is 28.7 Å². The first-order valence-electron chi connectivity index (χ1n) is 23.9. The van der Waals surface area contributed by atoms with Crippen molar-refractivity contribution < 1.29 is 42.5 Å². The number of methoxy groups -OCH3 is 1. The van der Waals surface area contributed by atoms with Crippen molar-refractivity contribution in [3.8, 4) is 0 Å². The Balaban J connectivity index is 2.46. The van der Waals surface area contributed by atoms with Gasteiger partial charge in [-0.15, -0.1) is 0 Å². The monoisotopic (exact) mass is 920 g/mol. The Bertz CT molecular complexity index is 1560. The number of carbonyl (C=O) groups excluding carboxylic acids is 2. The Morgan fingerprint density at radius 2 is 1.37 bits per heavy atom. The normalized spacial score (nSPS) is 25.2. The largest absolute Gasteiger partial charge is 0.469 e. The van der Waals surface area contributed by atoms with Crippen LogP contribution in [0.1, 0.15) is 135 Å². The third-order valence-corrected chi connectivity index (χ3v) is 23.9. The van der Waals surface area contributed by atoms with E-state index in [2.05, 4.69) is 121 Å². The first-order valence-corrected chi connectivity index (χ1v) is 29.7. The molecule has 3 N–H and O–H groups in total. The van der Waals surface area contributed by atoms with Crippen molar-refractivity contribution in [2.75, 3.05) is 7.11 Å². The van der Waals surface area contributed by atoms with Gasteiger partial charge in [0.1, 0.15) is 6.10 Å². The van der Waals surface area contributed by atoms with E-state index in [1.165, 1.54) is 12.7 Å². The fourth-order valence-electron chi connectivity index (χ4n) is 9.08. The van der Waals surface area contributed by atoms with Gasteiger partial charge in [-0.3, -0.25) is 4.79 Å². The van der Waals surface area contributed by atoms with E-state index in [4.69, 9.17) is 33.5 Å². The Hall–Kier alpha value is -2.07. The predicted molar refractivity (Wildman–Crippen MR) is 263 cm³/mol. The zero-order chi connectivity index (χ0) is 48.5. The van der Waals surface area contributed by atoms with E-state index >= 15 is 0 Å². The lowest BCUT2D eigenvalue weighted by atomic mass is 9.81. The zero-order valence-corrected chi connectivity index (χ0v) is 45.2. The number of allylic oxidation sites excluding steroid dienone is 3. The molecular weight excluding hydrogens is 827 g/mol. The summed E-state index contributed by atoms with van der Waals surface area (Å²) < 4.78 is 38.7. The van der Waals surface area contributed by atoms with E-state index in [0.29, 0.717) is 6.42 Å². The SMILES string of the molecule is C=C/C=C\[C@H](C)[C@H](OC(N)=O)[C@@H](C)[C@H](O[Si](C)(C)C(C)(C)C)[C@@H](C)C/C(C)=C\[C@H](C)[C@@H](O[Si](C)(C)C(C)(C)C)[C@@H](C)/C=C\[C@@H](O)C[C@@H]1OC2(CCCC2)O[C@H]([C@@H](C)C(=O)OC)[C@H]1C. The fourth-order valence-corrected chi connectivity index (χ4v) is 12.0. The summed E-state index contributed by atoms with van der Waals surface area (Å²) in [5.74, 6) is -1.72. The molecule has 10 nitrogen and oxygen atoms in total. The van der Waals surface area contributed by atoms with Crippen molar-refractivity contribution in [1.29, 1.82) is 0 Å². The quantitative estimate of drug-likeness (QED) is 0.0471. The van der Waals surface area contributed by atoms with Gasteiger partial charge in [-0.05, 0) is 87.1 Å². The van der Waals surface area contributed by atoms with Gasteiger partial charge in [-0.25, -0.2) is 4.79 Å². The molecule has 0 bridgehead atoms. The Morgan fingerprint density at radius 1 is 0.841 bits per heavy atom. The van der Waals surface area contributed by atoms with Crippen LogP contribution in [0.15, 0.2) is 48.6 Å². The maximum atomic E-state index is 12.7. The van der Waals surface area contributed by atoms with Gasteiger partial charge < -0.3 is 38.6 Å². The van der Waals surface area contributed by atoms with Crippen LogP contribution in [0.3, 0.4) is 0 Å². The maximum Gasteiger partial charge on any atom is 0.404 e. The van der Waals surface area contributed by atoms with E-state index < -0.39 is 46.6 Å². The molecule has 1 spiro atoms. The van der Waals surface area contributed by atoms with Crippen LogP contribution in [0.2, 0.25) is 36.3 Å². The van der Waals surface area contributed by atoms with Crippen molar-refractivity contribution in [2.24, 2.45) is 47.2 Å². The smallest absolute Gasteiger partial charge is 0.404 e. The standard InChI is InChI=1S/C51H93NO9Si2/c1-21-22-25-34(3)44(57-48(52)55)39(8)45(61-63(19,20)50(13,14)15)37(6)31-33(2)30-36(5)43(60-62(17,18)49(10,11)12)35(4)26-27-41(53)32-42-38(7)46(40(9)47(54)56-16)59-51(58-42)28-23-24-29-51/h21-22,25-27,30,34-46,53H,1,23-24,28-29,31-32H2,2-20H3,(H2,52,55)/b25-22-,27-26-,33-30-/t34-,35-,36-,37-,38-,39+,40+,41+,42-,43-,44-,45+,46-/m0/s1. The number of ether oxygens (including phenoxy) is 4. The van der Waals surface area contributed by atoms with Crippen LogP contribution in [0.4, 0.5) is 4.79 Å². The summed E-state index contributed by atoms with van der Waals surface area (Å²) in [5, 5.41) is 11.6. The van der Waals surface area contributed by atoms with Gasteiger partial charge in [0.15, 0.2) is 22.4 Å². The molecule has 2 aliphatic rings. The summed E-state index contributed by atoms with van der Waals surface area (Å²) in [6.07, 6.45) is 13.7. The molecule has 1 amide bonds. The average molecular weight is 920 g/mol. The van der Waals surface area contributed by atoms with Crippen LogP contribution in [0.25, 0.3) is 0 Å². The van der Waals surface area contributed by atoms with Crippen LogP contribution < -0.4 is 5.73 Å². The number of esters is 1. The molecule has 0 unspecified atom stereocenters. The van der Waals surface area contributed by atoms with Gasteiger partial charge >= 0.3 is 12.1 Å². The molecule has 1 aliphatic carbocycles. The highest BCUT2D eigenvalue weighted by molar-refractivity contribution is 6.74. The van der Waals surface area contributed by atoms with Crippen LogP contribution in [0, 0.1) is 41.4 Å². The van der Waals surface area contributed by atoms with Gasteiger partial charge in [0.25, 0.3) is 0 Å². The molecule has 2 fully saturated rings. The van der Waals surface area contributed by atoms with Gasteiger partial charge in [0.05, 0.1) is 43.5 Å². The second-order valence-electron chi connectivity index (χ2n) is 22.6. The number of aliphatic hydroxyl groups is 1. The van der Waals surface area contributed by atoms with Gasteiger partial charge in [-0.1, -0.05) is 132 Å². The van der Waals surface area contributed by atoms with Crippen LogP contribution in [-0.2, 0) is 32.6 Å². The summed E-state index contributed by atoms with van der Waals surface area (Å²) in [6.45, 7) is 43.4. The highest BCUT2D eigenvalue weighted by atomic mass is 28.4. The van der Waals surface area contributed by atoms with E-state index in [1.54, 1.807) is 6.08 Å². The minimum absolute atomic E-state index is 0.00222. The third-order valence-electron chi connectivity index (χ3n) is 15.0. The summed E-state index contributed by atoms with van der Waals surface area (Å²) in [4.78, 5) is 24.9. The number of rotatable bonds is 22. The maximum absolute atomic E-state index is 12.7. The van der Waals surface area contributed by atoms with Crippen molar-refractivity contribution in [2.45, 2.75) is 214 Å². The minimum atomic E-state index is -2.26. The number of carbonyl (C=O) groups is 2. The second-order valence-corrected chi connectivity index (χ2v) is 32.1. The average Bonchev–Trinajstić information content (AvgIpc) is 3.62. The molecule has 63 heavy (non-hydrogen) atoms. The number of hydrogen-bond acceptors (Lipinski definition) is 9. The van der Waals surface area contributed by atoms with E-state index in [1.807, 2.05) is 39.0 Å². The van der Waals surface area contributed by atoms with Gasteiger partial charge in [-0.2, -0.15) is 0 Å². The Kier molecular flexibility index (Phi) is 21.4. The number of aliphatic hydroxyl groups excluding tert-OH is 1. The molecule has 1 saturated carbocycles. The zero-order valence-electron chi connectivity index (χ0n) is 43.2. The lowest BCUT2D eigenvalue weighted by Crippen LogP contribution is -2.55. The van der Waals surface area contributed by atoms with Gasteiger partial charge in [0.2, 0.25) is 0 Å². The molecule has 13 atom stereocenters. The second kappa shape index (κ2) is 23.6. The molecule has 0 aromatic heterocycles. The van der Waals surface area contributed by atoms with Crippen LogP contribution in [-0.4, -0.2) is 83.3 Å². The summed E-state index contributed by atoms with van der Waals surface area (Å²) in [7, 11) is -3.08. The number of primary amides is 1. The number of hydrogen-bond donors (Lipinski definition) is 2. The molecule has 0 radical (unpaired) electrons. The van der Waals surface area contributed by atoms with Crippen molar-refractivity contribution in [3.05, 3.63) is 48.6 Å². The Morgan fingerprint density at radius 3 is 1.86 bits per heavy atom. The summed E-state index contributed by atoms with van der Waals surface area (Å²) in [5.41, 5.74) is 6.90. The molecule has 1 saturated heterocycles. The lowest BCUT2D eigenvalue weighted by molar-refractivity contribution is -0.341. The highest BCUT2D eigenvalue weighted by Gasteiger charge is 2.51. The van der Waals surface area contributed by atoms with Crippen LogP contribution >= 0.6 is 0 Å². The molecular formula is C51H93NO9Si2. The molecule has 1 heterocycles. The highest BCUT2D eigenvalue weighted by Crippen LogP contribution is 2.46. The molecule has 364 valence electrons. The first-order chi connectivity index (χ1) is 28.8. The minimum Gasteiger partial charge on any atom is -0.469 e. The van der Waals surface area contributed by atoms with Gasteiger partial charge in [0, 0.05) is 37.0 Å². The first kappa shape index (κ1) is 57.1. The summed E-state index contributed by atoms with van der Waals surface area (Å²) in [6, 6.07) is 0. The van der Waals surface area contributed by atoms with Crippen molar-refractivity contribution in [1.82, 2.24) is 0 Å². The van der Waals surface area contributed by atoms with Crippen molar-refractivity contribution in [3.63, 3.8) is 0 Å². The number of nitrogens with two attached hydrogens (primary N) is 1. The third kappa shape index (κ3) is 16.1. The molecule has 12 heteroatoms. The fraction of sp³-hybridized carbons (Fsp3) is 0.804.